The van der Waals surface area contributed by atoms with Crippen LogP contribution in [0.15, 0.2) is 47.4 Å². The van der Waals surface area contributed by atoms with E-state index in [-0.39, 0.29) is 11.8 Å². The number of rotatable bonds is 6. The monoisotopic (exact) mass is 491 g/mol. The predicted octanol–water partition coefficient (Wildman–Crippen LogP) is 4.67. The van der Waals surface area contributed by atoms with Crippen molar-refractivity contribution in [2.45, 2.75) is 23.5 Å². The number of benzene rings is 2. The van der Waals surface area contributed by atoms with Crippen LogP contribution in [0.5, 0.6) is 0 Å². The summed E-state index contributed by atoms with van der Waals surface area (Å²) in [6.07, 6.45) is 2.22. The van der Waals surface area contributed by atoms with Crippen LogP contribution in [0.4, 0.5) is 0 Å². The first-order chi connectivity index (χ1) is 15.5. The number of hydrogen-bond acceptors (Lipinski definition) is 4. The summed E-state index contributed by atoms with van der Waals surface area (Å²) in [6, 6.07) is 13.2. The van der Waals surface area contributed by atoms with Gasteiger partial charge in [0.15, 0.2) is 0 Å². The van der Waals surface area contributed by atoms with Gasteiger partial charge in [-0.15, -0.1) is 11.8 Å². The first kappa shape index (κ1) is 23.4. The van der Waals surface area contributed by atoms with Crippen molar-refractivity contribution in [2.24, 2.45) is 0 Å². The van der Waals surface area contributed by atoms with Crippen LogP contribution in [0.1, 0.15) is 28.8 Å². The van der Waals surface area contributed by atoms with E-state index in [2.05, 4.69) is 4.90 Å². The Hall–Kier alpha value is -1.73. The van der Waals surface area contributed by atoms with Gasteiger partial charge in [0.25, 0.3) is 5.91 Å². The third-order valence-electron chi connectivity index (χ3n) is 5.94. The molecule has 0 atom stereocenters. The molecular weight excluding hydrogens is 465 g/mol. The Balaban J connectivity index is 1.30. The fourth-order valence-electron chi connectivity index (χ4n) is 4.09. The number of halogens is 2. The highest BCUT2D eigenvalue weighted by Gasteiger charge is 2.25. The normalized spacial score (nSPS) is 17.1. The van der Waals surface area contributed by atoms with E-state index in [4.69, 9.17) is 23.2 Å². The molecule has 2 fully saturated rings. The lowest BCUT2D eigenvalue weighted by molar-refractivity contribution is -0.131. The molecule has 0 aromatic heterocycles. The molecule has 0 unspecified atom stereocenters. The average Bonchev–Trinajstić information content (AvgIpc) is 3.35. The van der Waals surface area contributed by atoms with Gasteiger partial charge in [-0.2, -0.15) is 0 Å². The fourth-order valence-corrected chi connectivity index (χ4v) is 5.53. The summed E-state index contributed by atoms with van der Waals surface area (Å²) in [4.78, 5) is 32.4. The number of nitrogens with zero attached hydrogens (tertiary/aromatic N) is 3. The summed E-state index contributed by atoms with van der Waals surface area (Å²) < 4.78 is 0. The minimum atomic E-state index is 0.0446. The number of carbonyl (C=O) groups is 2. The van der Waals surface area contributed by atoms with Gasteiger partial charge in [0.1, 0.15) is 0 Å². The van der Waals surface area contributed by atoms with Crippen molar-refractivity contribution < 1.29 is 9.59 Å². The van der Waals surface area contributed by atoms with Crippen LogP contribution in [0.2, 0.25) is 10.0 Å². The average molecular weight is 492 g/mol. The summed E-state index contributed by atoms with van der Waals surface area (Å²) in [5.41, 5.74) is 1.76. The molecule has 0 spiro atoms. The van der Waals surface area contributed by atoms with E-state index in [1.54, 1.807) is 23.9 Å². The van der Waals surface area contributed by atoms with Gasteiger partial charge in [0.2, 0.25) is 5.91 Å². The predicted molar refractivity (Wildman–Crippen MR) is 131 cm³/mol. The van der Waals surface area contributed by atoms with Crippen LogP contribution >= 0.6 is 35.0 Å². The Bertz CT molecular complexity index is 973. The molecule has 8 heteroatoms. The maximum atomic E-state index is 13.0. The highest BCUT2D eigenvalue weighted by atomic mass is 35.5. The standard InChI is InChI=1S/C24H27Cl2N3O2S/c25-20-6-7-21(26)22(15-20)32-17-18-4-3-5-19(14-18)24(31)29-12-10-27(11-13-29)16-23(30)28-8-1-2-9-28/h3-7,14-15H,1-2,8-13,16-17H2. The molecular formula is C24H27Cl2N3O2S. The van der Waals surface area contributed by atoms with Crippen molar-refractivity contribution in [1.29, 1.82) is 0 Å². The maximum absolute atomic E-state index is 13.0. The molecule has 2 aromatic rings. The van der Waals surface area contributed by atoms with E-state index in [1.807, 2.05) is 40.1 Å². The highest BCUT2D eigenvalue weighted by Crippen LogP contribution is 2.32. The van der Waals surface area contributed by atoms with Crippen LogP contribution in [-0.2, 0) is 10.5 Å². The van der Waals surface area contributed by atoms with E-state index < -0.39 is 0 Å². The third kappa shape index (κ3) is 5.98. The van der Waals surface area contributed by atoms with Crippen LogP contribution in [0.3, 0.4) is 0 Å². The second-order valence-corrected chi connectivity index (χ2v) is 10.1. The number of amides is 2. The van der Waals surface area contributed by atoms with Gasteiger partial charge in [-0.3, -0.25) is 14.5 Å². The molecule has 0 N–H and O–H groups in total. The van der Waals surface area contributed by atoms with Crippen molar-refractivity contribution in [1.82, 2.24) is 14.7 Å². The highest BCUT2D eigenvalue weighted by molar-refractivity contribution is 7.98. The van der Waals surface area contributed by atoms with Crippen molar-refractivity contribution in [2.75, 3.05) is 45.8 Å². The summed E-state index contributed by atoms with van der Waals surface area (Å²) in [5.74, 6) is 0.962. The Kier molecular flexibility index (Phi) is 8.00. The van der Waals surface area contributed by atoms with Gasteiger partial charge in [0, 0.05) is 60.5 Å². The molecule has 2 amide bonds. The lowest BCUT2D eigenvalue weighted by atomic mass is 10.1. The van der Waals surface area contributed by atoms with Crippen LogP contribution in [-0.4, -0.2) is 72.3 Å². The lowest BCUT2D eigenvalue weighted by Crippen LogP contribution is -2.51. The Morgan fingerprint density at radius 2 is 1.62 bits per heavy atom. The second kappa shape index (κ2) is 10.9. The van der Waals surface area contributed by atoms with Crippen molar-refractivity contribution in [3.05, 3.63) is 63.6 Å². The first-order valence-corrected chi connectivity index (χ1v) is 12.7. The maximum Gasteiger partial charge on any atom is 0.253 e. The molecule has 0 saturated carbocycles. The Morgan fingerprint density at radius 1 is 0.875 bits per heavy atom. The van der Waals surface area contributed by atoms with Crippen LogP contribution in [0, 0.1) is 0 Å². The van der Waals surface area contributed by atoms with E-state index in [0.29, 0.717) is 41.0 Å². The zero-order valence-corrected chi connectivity index (χ0v) is 20.3. The van der Waals surface area contributed by atoms with Crippen molar-refractivity contribution in [3.63, 3.8) is 0 Å². The summed E-state index contributed by atoms with van der Waals surface area (Å²) in [6.45, 7) is 4.97. The Labute approximate surface area is 203 Å². The van der Waals surface area contributed by atoms with Gasteiger partial charge in [0.05, 0.1) is 11.6 Å². The molecule has 2 aliphatic heterocycles. The molecule has 32 heavy (non-hydrogen) atoms. The van der Waals surface area contributed by atoms with E-state index in [1.165, 1.54) is 0 Å². The minimum absolute atomic E-state index is 0.0446. The summed E-state index contributed by atoms with van der Waals surface area (Å²) in [7, 11) is 0. The zero-order valence-electron chi connectivity index (χ0n) is 17.9. The number of piperazine rings is 1. The smallest absolute Gasteiger partial charge is 0.253 e. The summed E-state index contributed by atoms with van der Waals surface area (Å²) >= 11 is 13.9. The molecule has 4 rings (SSSR count). The SMILES string of the molecule is O=C(CN1CCN(C(=O)c2cccc(CSc3cc(Cl)ccc3Cl)c2)CC1)N1CCCC1. The number of likely N-dealkylation sites (tertiary alicyclic amines) is 1. The van der Waals surface area contributed by atoms with Crippen LogP contribution < -0.4 is 0 Å². The minimum Gasteiger partial charge on any atom is -0.342 e. The molecule has 0 radical (unpaired) electrons. The van der Waals surface area contributed by atoms with Gasteiger partial charge >= 0.3 is 0 Å². The van der Waals surface area contributed by atoms with Crippen molar-refractivity contribution in [3.8, 4) is 0 Å². The summed E-state index contributed by atoms with van der Waals surface area (Å²) in [5, 5.41) is 1.33. The molecule has 2 heterocycles. The van der Waals surface area contributed by atoms with Gasteiger partial charge < -0.3 is 9.80 Å². The molecule has 0 bridgehead atoms. The quantitative estimate of drug-likeness (QED) is 0.550. The first-order valence-electron chi connectivity index (χ1n) is 11.0. The van der Waals surface area contributed by atoms with Gasteiger partial charge in [-0.1, -0.05) is 35.3 Å². The molecule has 0 aliphatic carbocycles. The fraction of sp³-hybridized carbons (Fsp3) is 0.417. The van der Waals surface area contributed by atoms with Crippen molar-refractivity contribution >= 4 is 46.8 Å². The van der Waals surface area contributed by atoms with Crippen LogP contribution in [0.25, 0.3) is 0 Å². The van der Waals surface area contributed by atoms with E-state index in [0.717, 1.165) is 49.5 Å². The molecule has 2 aromatic carbocycles. The topological polar surface area (TPSA) is 43.9 Å². The molecule has 5 nitrogen and oxygen atoms in total. The Morgan fingerprint density at radius 3 is 2.38 bits per heavy atom. The largest absolute Gasteiger partial charge is 0.342 e. The van der Waals surface area contributed by atoms with E-state index >= 15 is 0 Å². The molecule has 170 valence electrons. The second-order valence-electron chi connectivity index (χ2n) is 8.22. The lowest BCUT2D eigenvalue weighted by Gasteiger charge is -2.35. The molecule has 2 aliphatic rings. The third-order valence-corrected chi connectivity index (χ3v) is 7.74. The van der Waals surface area contributed by atoms with Gasteiger partial charge in [-0.05, 0) is 48.7 Å². The number of thioether (sulfide) groups is 1. The van der Waals surface area contributed by atoms with E-state index in [9.17, 15) is 9.59 Å². The number of hydrogen-bond donors (Lipinski definition) is 0. The number of carbonyl (C=O) groups excluding carboxylic acids is 2. The zero-order chi connectivity index (χ0) is 22.5. The van der Waals surface area contributed by atoms with Gasteiger partial charge in [-0.25, -0.2) is 0 Å². The molecule has 2 saturated heterocycles.